The van der Waals surface area contributed by atoms with E-state index in [4.69, 9.17) is 16.2 Å². The molecular weight excluding hydrogens is 236 g/mol. The Balaban J connectivity index is 2.46. The summed E-state index contributed by atoms with van der Waals surface area (Å²) in [6.07, 6.45) is 0.818. The summed E-state index contributed by atoms with van der Waals surface area (Å²) in [7, 11) is 1.52. The van der Waals surface area contributed by atoms with Crippen molar-refractivity contribution in [3.8, 4) is 0 Å². The van der Waals surface area contributed by atoms with Crippen LogP contribution in [0.3, 0.4) is 0 Å². The zero-order valence-corrected chi connectivity index (χ0v) is 10.8. The molecule has 1 atom stereocenters. The Kier molecular flexibility index (Phi) is 6.03. The smallest absolute Gasteiger partial charge is 0.241 e. The molecule has 7 heteroatoms. The molecule has 4 N–H and O–H groups in total. The van der Waals surface area contributed by atoms with Crippen LogP contribution in [0, 0.1) is 0 Å². The second-order valence-corrected chi connectivity index (χ2v) is 4.48. The van der Waals surface area contributed by atoms with Gasteiger partial charge in [-0.2, -0.15) is 0 Å². The van der Waals surface area contributed by atoms with Crippen LogP contribution >= 0.6 is 0 Å². The number of primary amides is 1. The van der Waals surface area contributed by atoms with Gasteiger partial charge in [0.2, 0.25) is 11.8 Å². The molecule has 0 aromatic heterocycles. The van der Waals surface area contributed by atoms with Gasteiger partial charge in [0.1, 0.15) is 6.04 Å². The Morgan fingerprint density at radius 3 is 2.61 bits per heavy atom. The fourth-order valence-corrected chi connectivity index (χ4v) is 2.06. The zero-order chi connectivity index (χ0) is 13.5. The van der Waals surface area contributed by atoms with Gasteiger partial charge in [-0.25, -0.2) is 0 Å². The van der Waals surface area contributed by atoms with Crippen LogP contribution in [0.2, 0.25) is 0 Å². The third-order valence-electron chi connectivity index (χ3n) is 2.94. The maximum Gasteiger partial charge on any atom is 0.241 e. The van der Waals surface area contributed by atoms with Gasteiger partial charge in [0, 0.05) is 33.3 Å². The summed E-state index contributed by atoms with van der Waals surface area (Å²) in [5.74, 6) is -0.441. The Bertz CT molecular complexity index is 298. The van der Waals surface area contributed by atoms with Gasteiger partial charge in [0.05, 0.1) is 13.2 Å². The SMILES string of the molecule is COCC(N)C(=O)N1CCCN(CC(N)=O)CC1. The van der Waals surface area contributed by atoms with Crippen LogP contribution in [0.15, 0.2) is 0 Å². The molecule has 0 aliphatic carbocycles. The summed E-state index contributed by atoms with van der Waals surface area (Å²) < 4.78 is 4.88. The molecule has 1 saturated heterocycles. The number of hydrogen-bond donors (Lipinski definition) is 2. The first-order valence-electron chi connectivity index (χ1n) is 6.08. The molecule has 0 spiro atoms. The highest BCUT2D eigenvalue weighted by Crippen LogP contribution is 2.04. The van der Waals surface area contributed by atoms with Crippen molar-refractivity contribution >= 4 is 11.8 Å². The minimum Gasteiger partial charge on any atom is -0.383 e. The first-order valence-corrected chi connectivity index (χ1v) is 6.08. The van der Waals surface area contributed by atoms with Gasteiger partial charge in [-0.05, 0) is 6.42 Å². The number of nitrogens with zero attached hydrogens (tertiary/aromatic N) is 2. The first-order chi connectivity index (χ1) is 8.54. The van der Waals surface area contributed by atoms with Crippen LogP contribution in [-0.2, 0) is 14.3 Å². The van der Waals surface area contributed by atoms with E-state index in [0.717, 1.165) is 13.0 Å². The number of nitrogens with two attached hydrogens (primary N) is 2. The molecule has 0 radical (unpaired) electrons. The molecule has 1 aliphatic rings. The summed E-state index contributed by atoms with van der Waals surface area (Å²) in [4.78, 5) is 26.5. The van der Waals surface area contributed by atoms with Crippen LogP contribution in [0.1, 0.15) is 6.42 Å². The lowest BCUT2D eigenvalue weighted by Crippen LogP contribution is -2.47. The average molecular weight is 258 g/mol. The van der Waals surface area contributed by atoms with Crippen molar-refractivity contribution in [2.75, 3.05) is 46.4 Å². The maximum atomic E-state index is 12.0. The van der Waals surface area contributed by atoms with Crippen molar-refractivity contribution in [2.45, 2.75) is 12.5 Å². The normalized spacial score (nSPS) is 19.3. The molecular formula is C11H22N4O3. The third kappa shape index (κ3) is 4.59. The van der Waals surface area contributed by atoms with Crippen LogP contribution in [0.25, 0.3) is 0 Å². The number of methoxy groups -OCH3 is 1. The van der Waals surface area contributed by atoms with Crippen molar-refractivity contribution in [1.29, 1.82) is 0 Å². The molecule has 1 fully saturated rings. The molecule has 18 heavy (non-hydrogen) atoms. The Hall–Kier alpha value is -1.18. The molecule has 1 unspecified atom stereocenters. The van der Waals surface area contributed by atoms with Crippen molar-refractivity contribution in [2.24, 2.45) is 11.5 Å². The van der Waals surface area contributed by atoms with Crippen LogP contribution in [0.5, 0.6) is 0 Å². The molecule has 1 rings (SSSR count). The van der Waals surface area contributed by atoms with Gasteiger partial charge in [-0.3, -0.25) is 14.5 Å². The van der Waals surface area contributed by atoms with E-state index < -0.39 is 6.04 Å². The van der Waals surface area contributed by atoms with E-state index in [9.17, 15) is 9.59 Å². The Morgan fingerprint density at radius 1 is 1.28 bits per heavy atom. The van der Waals surface area contributed by atoms with Crippen LogP contribution in [-0.4, -0.2) is 74.1 Å². The van der Waals surface area contributed by atoms with Crippen molar-refractivity contribution in [1.82, 2.24) is 9.80 Å². The zero-order valence-electron chi connectivity index (χ0n) is 10.8. The second-order valence-electron chi connectivity index (χ2n) is 4.48. The van der Waals surface area contributed by atoms with Gasteiger partial charge in [0.25, 0.3) is 0 Å². The standard InChI is InChI=1S/C11H22N4O3/c1-18-8-9(12)11(17)15-4-2-3-14(5-6-15)7-10(13)16/h9H,2-8,12H2,1H3,(H2,13,16). The van der Waals surface area contributed by atoms with E-state index in [2.05, 4.69) is 0 Å². The summed E-state index contributed by atoms with van der Waals surface area (Å²) in [6.45, 7) is 3.11. The quantitative estimate of drug-likeness (QED) is 0.592. The van der Waals surface area contributed by atoms with Crippen molar-refractivity contribution in [3.63, 3.8) is 0 Å². The van der Waals surface area contributed by atoms with Gasteiger partial charge in [0.15, 0.2) is 0 Å². The Labute approximate surface area is 107 Å². The largest absolute Gasteiger partial charge is 0.383 e. The van der Waals surface area contributed by atoms with E-state index in [0.29, 0.717) is 19.6 Å². The fraction of sp³-hybridized carbons (Fsp3) is 0.818. The average Bonchev–Trinajstić information content (AvgIpc) is 2.53. The van der Waals surface area contributed by atoms with Crippen molar-refractivity contribution in [3.05, 3.63) is 0 Å². The topological polar surface area (TPSA) is 102 Å². The van der Waals surface area contributed by atoms with Gasteiger partial charge >= 0.3 is 0 Å². The number of carbonyl (C=O) groups is 2. The molecule has 0 aromatic carbocycles. The maximum absolute atomic E-state index is 12.0. The van der Waals surface area contributed by atoms with E-state index >= 15 is 0 Å². The lowest BCUT2D eigenvalue weighted by atomic mass is 10.2. The Morgan fingerprint density at radius 2 is 2.00 bits per heavy atom. The highest BCUT2D eigenvalue weighted by atomic mass is 16.5. The number of rotatable bonds is 5. The molecule has 7 nitrogen and oxygen atoms in total. The second kappa shape index (κ2) is 7.30. The number of amides is 2. The number of carbonyl (C=O) groups excluding carboxylic acids is 2. The predicted octanol–water partition coefficient (Wildman–Crippen LogP) is -2.02. The fourth-order valence-electron chi connectivity index (χ4n) is 2.06. The molecule has 0 bridgehead atoms. The van der Waals surface area contributed by atoms with Gasteiger partial charge in [-0.1, -0.05) is 0 Å². The first kappa shape index (κ1) is 14.9. The predicted molar refractivity (Wildman–Crippen MR) is 66.7 cm³/mol. The minimum absolute atomic E-state index is 0.0993. The van der Waals surface area contributed by atoms with E-state index in [1.807, 2.05) is 4.90 Å². The third-order valence-corrected chi connectivity index (χ3v) is 2.94. The highest BCUT2D eigenvalue weighted by molar-refractivity contribution is 5.81. The lowest BCUT2D eigenvalue weighted by molar-refractivity contribution is -0.133. The molecule has 1 heterocycles. The molecule has 104 valence electrons. The van der Waals surface area contributed by atoms with Crippen LogP contribution in [0.4, 0.5) is 0 Å². The summed E-state index contributed by atoms with van der Waals surface area (Å²) in [5, 5.41) is 0. The molecule has 0 saturated carbocycles. The highest BCUT2D eigenvalue weighted by Gasteiger charge is 2.23. The summed E-state index contributed by atoms with van der Waals surface area (Å²) >= 11 is 0. The molecule has 2 amide bonds. The minimum atomic E-state index is -0.613. The van der Waals surface area contributed by atoms with Gasteiger partial charge in [-0.15, -0.1) is 0 Å². The van der Waals surface area contributed by atoms with E-state index in [1.54, 1.807) is 4.90 Å². The summed E-state index contributed by atoms with van der Waals surface area (Å²) in [6, 6.07) is -0.613. The number of ether oxygens (including phenoxy) is 1. The molecule has 1 aliphatic heterocycles. The molecule has 0 aromatic rings. The monoisotopic (exact) mass is 258 g/mol. The van der Waals surface area contributed by atoms with Crippen molar-refractivity contribution < 1.29 is 14.3 Å². The van der Waals surface area contributed by atoms with E-state index in [1.165, 1.54) is 7.11 Å². The lowest BCUT2D eigenvalue weighted by Gasteiger charge is -2.24. The van der Waals surface area contributed by atoms with Gasteiger partial charge < -0.3 is 21.1 Å². The summed E-state index contributed by atoms with van der Waals surface area (Å²) in [5.41, 5.74) is 10.9. The van der Waals surface area contributed by atoms with Crippen LogP contribution < -0.4 is 11.5 Å². The number of hydrogen-bond acceptors (Lipinski definition) is 5. The van der Waals surface area contributed by atoms with E-state index in [-0.39, 0.29) is 25.0 Å².